The lowest BCUT2D eigenvalue weighted by Gasteiger charge is -2.25. The molecule has 1 saturated heterocycles. The fourth-order valence-corrected chi connectivity index (χ4v) is 3.63. The van der Waals surface area contributed by atoms with Crippen LogP contribution in [0.4, 0.5) is 0 Å². The number of carbonyl (C=O) groups is 1. The van der Waals surface area contributed by atoms with Gasteiger partial charge in [-0.05, 0) is 30.2 Å². The number of nitrogens with zero attached hydrogens (tertiary/aromatic N) is 4. The van der Waals surface area contributed by atoms with Gasteiger partial charge in [0.25, 0.3) is 0 Å². The molecular formula is C19H21N5O. The van der Waals surface area contributed by atoms with Crippen molar-refractivity contribution in [3.63, 3.8) is 0 Å². The van der Waals surface area contributed by atoms with Gasteiger partial charge < -0.3 is 14.6 Å². The van der Waals surface area contributed by atoms with Crippen molar-refractivity contribution in [1.82, 2.24) is 24.6 Å². The lowest BCUT2D eigenvalue weighted by atomic mass is 10.0. The zero-order valence-electron chi connectivity index (χ0n) is 14.4. The Morgan fingerprint density at radius 1 is 1.28 bits per heavy atom. The van der Waals surface area contributed by atoms with Crippen LogP contribution in [-0.2, 0) is 11.3 Å². The smallest absolute Gasteiger partial charge is 0.224 e. The molecule has 4 heterocycles. The molecule has 1 fully saturated rings. The van der Waals surface area contributed by atoms with Crippen LogP contribution >= 0.6 is 0 Å². The molecule has 128 valence electrons. The van der Waals surface area contributed by atoms with Crippen LogP contribution in [-0.4, -0.2) is 38.3 Å². The van der Waals surface area contributed by atoms with Gasteiger partial charge in [0.2, 0.25) is 5.91 Å². The van der Waals surface area contributed by atoms with Gasteiger partial charge in [-0.3, -0.25) is 9.78 Å². The third-order valence-electron chi connectivity index (χ3n) is 4.97. The minimum atomic E-state index is 0.00196. The van der Waals surface area contributed by atoms with Crippen LogP contribution in [0.2, 0.25) is 0 Å². The third kappa shape index (κ3) is 2.78. The second-order valence-corrected chi connectivity index (χ2v) is 6.56. The molecule has 0 radical (unpaired) electrons. The molecule has 0 aliphatic carbocycles. The van der Waals surface area contributed by atoms with Crippen LogP contribution in [0.1, 0.15) is 29.3 Å². The van der Waals surface area contributed by atoms with E-state index in [9.17, 15) is 4.79 Å². The largest absolute Gasteiger partial charge is 0.337 e. The van der Waals surface area contributed by atoms with E-state index in [4.69, 9.17) is 0 Å². The van der Waals surface area contributed by atoms with E-state index in [1.54, 1.807) is 6.20 Å². The second kappa shape index (κ2) is 6.29. The van der Waals surface area contributed by atoms with E-state index in [1.165, 1.54) is 0 Å². The number of aromatic nitrogens is 3. The van der Waals surface area contributed by atoms with Crippen LogP contribution in [0.5, 0.6) is 0 Å². The van der Waals surface area contributed by atoms with E-state index in [1.807, 2.05) is 48.7 Å². The Kier molecular flexibility index (Phi) is 3.97. The summed E-state index contributed by atoms with van der Waals surface area (Å²) in [6.07, 6.45) is 8.01. The molecule has 0 bridgehead atoms. The molecule has 3 aromatic rings. The summed E-state index contributed by atoms with van der Waals surface area (Å²) in [7, 11) is 1.86. The third-order valence-corrected chi connectivity index (χ3v) is 4.97. The lowest BCUT2D eigenvalue weighted by Crippen LogP contribution is -2.35. The first kappa shape index (κ1) is 15.8. The summed E-state index contributed by atoms with van der Waals surface area (Å²) in [6.45, 7) is 2.72. The Morgan fingerprint density at radius 3 is 2.96 bits per heavy atom. The monoisotopic (exact) mass is 335 g/mol. The van der Waals surface area contributed by atoms with Crippen molar-refractivity contribution < 1.29 is 4.79 Å². The number of rotatable bonds is 4. The second-order valence-electron chi connectivity index (χ2n) is 6.56. The molecule has 2 atom stereocenters. The van der Waals surface area contributed by atoms with Crippen LogP contribution in [0.15, 0.2) is 49.1 Å². The minimum absolute atomic E-state index is 0.00196. The maximum Gasteiger partial charge on any atom is 0.224 e. The van der Waals surface area contributed by atoms with Crippen molar-refractivity contribution in [2.45, 2.75) is 32.0 Å². The first-order valence-corrected chi connectivity index (χ1v) is 8.45. The number of likely N-dealkylation sites (tertiary alicyclic amines) is 1. The first-order valence-electron chi connectivity index (χ1n) is 8.45. The van der Waals surface area contributed by atoms with Gasteiger partial charge in [-0.1, -0.05) is 12.1 Å². The summed E-state index contributed by atoms with van der Waals surface area (Å²) < 4.78 is 2.10. The molecule has 1 aliphatic rings. The molecular weight excluding hydrogens is 314 g/mol. The van der Waals surface area contributed by atoms with Crippen molar-refractivity contribution in [2.24, 2.45) is 0 Å². The topological polar surface area (TPSA) is 62.5 Å². The summed E-state index contributed by atoms with van der Waals surface area (Å²) in [6, 6.07) is 8.08. The molecule has 1 amide bonds. The predicted octanol–water partition coefficient (Wildman–Crippen LogP) is 2.10. The van der Waals surface area contributed by atoms with E-state index in [0.29, 0.717) is 13.0 Å². The average molecular weight is 335 g/mol. The molecule has 0 saturated carbocycles. The van der Waals surface area contributed by atoms with Gasteiger partial charge in [0.15, 0.2) is 0 Å². The number of imidazole rings is 1. The van der Waals surface area contributed by atoms with Crippen LogP contribution in [0, 0.1) is 6.92 Å². The molecule has 1 N–H and O–H groups in total. The lowest BCUT2D eigenvalue weighted by molar-refractivity contribution is -0.127. The Labute approximate surface area is 146 Å². The first-order chi connectivity index (χ1) is 12.1. The molecule has 25 heavy (non-hydrogen) atoms. The zero-order chi connectivity index (χ0) is 17.4. The summed E-state index contributed by atoms with van der Waals surface area (Å²) in [5, 5.41) is 3.55. The Hall–Kier alpha value is -2.73. The number of hydrogen-bond donors (Lipinski definition) is 1. The van der Waals surface area contributed by atoms with Crippen molar-refractivity contribution >= 4 is 11.6 Å². The van der Waals surface area contributed by atoms with E-state index in [2.05, 4.69) is 32.7 Å². The van der Waals surface area contributed by atoms with Crippen molar-refractivity contribution in [1.29, 1.82) is 0 Å². The SMILES string of the molecule is Cc1cccn2c(CN[C@@H]3CC(=O)N(C)[C@H]3c3cccnc3)cnc12. The highest BCUT2D eigenvalue weighted by atomic mass is 16.2. The highest BCUT2D eigenvalue weighted by Crippen LogP contribution is 2.31. The zero-order valence-corrected chi connectivity index (χ0v) is 14.4. The molecule has 6 heteroatoms. The molecule has 0 unspecified atom stereocenters. The minimum Gasteiger partial charge on any atom is -0.337 e. The van der Waals surface area contributed by atoms with Crippen molar-refractivity contribution in [3.8, 4) is 0 Å². The molecule has 0 spiro atoms. The normalized spacial score (nSPS) is 20.6. The Morgan fingerprint density at radius 2 is 2.16 bits per heavy atom. The standard InChI is InChI=1S/C19H21N5O/c1-13-5-4-8-24-15(12-22-19(13)24)11-21-16-9-17(25)23(2)18(16)14-6-3-7-20-10-14/h3-8,10,12,16,18,21H,9,11H2,1-2H3/t16-,18+/m1/s1. The van der Waals surface area contributed by atoms with Crippen LogP contribution < -0.4 is 5.32 Å². The van der Waals surface area contributed by atoms with Gasteiger partial charge in [0.1, 0.15) is 5.65 Å². The summed E-state index contributed by atoms with van der Waals surface area (Å²) in [5.74, 6) is 0.153. The fraction of sp³-hybridized carbons (Fsp3) is 0.316. The number of carbonyl (C=O) groups excluding carboxylic acids is 1. The Balaban J connectivity index is 1.56. The number of nitrogens with one attached hydrogen (secondary N) is 1. The van der Waals surface area contributed by atoms with Crippen molar-refractivity contribution in [2.75, 3.05) is 7.05 Å². The molecule has 0 aromatic carbocycles. The van der Waals surface area contributed by atoms with Crippen LogP contribution in [0.25, 0.3) is 5.65 Å². The summed E-state index contributed by atoms with van der Waals surface area (Å²) in [4.78, 5) is 22.8. The highest BCUT2D eigenvalue weighted by Gasteiger charge is 2.38. The number of aryl methyl sites for hydroxylation is 1. The van der Waals surface area contributed by atoms with E-state index in [0.717, 1.165) is 22.5 Å². The van der Waals surface area contributed by atoms with E-state index in [-0.39, 0.29) is 18.0 Å². The number of hydrogen-bond acceptors (Lipinski definition) is 4. The number of amides is 1. The van der Waals surface area contributed by atoms with Gasteiger partial charge in [0, 0.05) is 44.6 Å². The van der Waals surface area contributed by atoms with Crippen LogP contribution in [0.3, 0.4) is 0 Å². The molecule has 4 rings (SSSR count). The molecule has 1 aliphatic heterocycles. The Bertz CT molecular complexity index is 905. The van der Waals surface area contributed by atoms with E-state index < -0.39 is 0 Å². The maximum absolute atomic E-state index is 12.2. The highest BCUT2D eigenvalue weighted by molar-refractivity contribution is 5.80. The van der Waals surface area contributed by atoms with Gasteiger partial charge in [-0.25, -0.2) is 4.98 Å². The van der Waals surface area contributed by atoms with Gasteiger partial charge in [0.05, 0.1) is 17.9 Å². The summed E-state index contributed by atoms with van der Waals surface area (Å²) in [5.41, 5.74) is 4.27. The van der Waals surface area contributed by atoms with E-state index >= 15 is 0 Å². The average Bonchev–Trinajstić information content (AvgIpc) is 3.16. The fourth-order valence-electron chi connectivity index (χ4n) is 3.63. The van der Waals surface area contributed by atoms with Gasteiger partial charge >= 0.3 is 0 Å². The number of pyridine rings is 2. The predicted molar refractivity (Wildman–Crippen MR) is 94.9 cm³/mol. The van der Waals surface area contributed by atoms with Gasteiger partial charge in [-0.15, -0.1) is 0 Å². The van der Waals surface area contributed by atoms with Crippen molar-refractivity contribution in [3.05, 3.63) is 65.9 Å². The maximum atomic E-state index is 12.2. The number of likely N-dealkylation sites (N-methyl/N-ethyl adjacent to an activating group) is 1. The molecule has 6 nitrogen and oxygen atoms in total. The summed E-state index contributed by atoms with van der Waals surface area (Å²) >= 11 is 0. The quantitative estimate of drug-likeness (QED) is 0.793. The molecule has 3 aromatic heterocycles. The van der Waals surface area contributed by atoms with Gasteiger partial charge in [-0.2, -0.15) is 0 Å². The number of fused-ring (bicyclic) bond motifs is 1.